The number of aromatic amines is 1. The SMILES string of the molecule is C=CCOc1ccc(/C=N\NC(=O)c2cc3c(OC)cccc3[nH]2)cc1. The zero-order chi connectivity index (χ0) is 18.4. The fourth-order valence-corrected chi connectivity index (χ4v) is 2.46. The topological polar surface area (TPSA) is 75.7 Å². The van der Waals surface area contributed by atoms with Gasteiger partial charge in [0.1, 0.15) is 23.8 Å². The number of H-pyrrole nitrogens is 1. The fourth-order valence-electron chi connectivity index (χ4n) is 2.46. The van der Waals surface area contributed by atoms with Gasteiger partial charge < -0.3 is 14.5 Å². The van der Waals surface area contributed by atoms with Gasteiger partial charge in [0.15, 0.2) is 0 Å². The molecular weight excluding hydrogens is 330 g/mol. The van der Waals surface area contributed by atoms with Crippen LogP contribution in [0.15, 0.2) is 66.3 Å². The molecule has 6 heteroatoms. The average Bonchev–Trinajstić information content (AvgIpc) is 3.11. The van der Waals surface area contributed by atoms with E-state index in [2.05, 4.69) is 22.1 Å². The third-order valence-electron chi connectivity index (χ3n) is 3.72. The summed E-state index contributed by atoms with van der Waals surface area (Å²) in [4.78, 5) is 15.3. The molecule has 0 spiro atoms. The summed E-state index contributed by atoms with van der Waals surface area (Å²) < 4.78 is 10.7. The zero-order valence-electron chi connectivity index (χ0n) is 14.4. The first kappa shape index (κ1) is 17.3. The summed E-state index contributed by atoms with van der Waals surface area (Å²) in [6.07, 6.45) is 3.25. The first-order chi connectivity index (χ1) is 12.7. The van der Waals surface area contributed by atoms with Crippen LogP contribution < -0.4 is 14.9 Å². The molecule has 1 aromatic heterocycles. The third-order valence-corrected chi connectivity index (χ3v) is 3.72. The van der Waals surface area contributed by atoms with E-state index in [0.717, 1.165) is 22.2 Å². The number of rotatable bonds is 7. The van der Waals surface area contributed by atoms with E-state index < -0.39 is 0 Å². The van der Waals surface area contributed by atoms with Crippen molar-refractivity contribution in [3.63, 3.8) is 0 Å². The van der Waals surface area contributed by atoms with Gasteiger partial charge >= 0.3 is 0 Å². The van der Waals surface area contributed by atoms with Crippen LogP contribution in [0.2, 0.25) is 0 Å². The Bertz CT molecular complexity index is 943. The average molecular weight is 349 g/mol. The van der Waals surface area contributed by atoms with Crippen molar-refractivity contribution in [2.75, 3.05) is 13.7 Å². The number of carbonyl (C=O) groups excluding carboxylic acids is 1. The van der Waals surface area contributed by atoms with E-state index in [9.17, 15) is 4.79 Å². The molecule has 0 aliphatic rings. The quantitative estimate of drug-likeness (QED) is 0.389. The molecule has 0 aliphatic carbocycles. The lowest BCUT2D eigenvalue weighted by Gasteiger charge is -2.02. The van der Waals surface area contributed by atoms with Crippen LogP contribution >= 0.6 is 0 Å². The second kappa shape index (κ2) is 8.02. The highest BCUT2D eigenvalue weighted by molar-refractivity contribution is 6.00. The first-order valence-corrected chi connectivity index (χ1v) is 8.04. The highest BCUT2D eigenvalue weighted by atomic mass is 16.5. The van der Waals surface area contributed by atoms with Crippen molar-refractivity contribution in [2.24, 2.45) is 5.10 Å². The monoisotopic (exact) mass is 349 g/mol. The summed E-state index contributed by atoms with van der Waals surface area (Å²) in [6.45, 7) is 4.06. The number of amides is 1. The Balaban J connectivity index is 1.65. The normalized spacial score (nSPS) is 10.8. The molecule has 0 saturated heterocycles. The Labute approximate surface area is 151 Å². The van der Waals surface area contributed by atoms with Gasteiger partial charge in [-0.05, 0) is 48.0 Å². The van der Waals surface area contributed by atoms with Crippen LogP contribution in [-0.2, 0) is 0 Å². The van der Waals surface area contributed by atoms with Gasteiger partial charge in [-0.25, -0.2) is 5.43 Å². The number of ether oxygens (including phenoxy) is 2. The molecule has 0 unspecified atom stereocenters. The number of hydrazone groups is 1. The number of nitrogens with one attached hydrogen (secondary N) is 2. The van der Waals surface area contributed by atoms with Crippen LogP contribution in [0.4, 0.5) is 0 Å². The Hall–Kier alpha value is -3.54. The van der Waals surface area contributed by atoms with Crippen LogP contribution in [0.1, 0.15) is 16.1 Å². The number of fused-ring (bicyclic) bond motifs is 1. The molecule has 26 heavy (non-hydrogen) atoms. The summed E-state index contributed by atoms with van der Waals surface area (Å²) in [5.41, 5.74) is 4.59. The van der Waals surface area contributed by atoms with Crippen molar-refractivity contribution < 1.29 is 14.3 Å². The maximum Gasteiger partial charge on any atom is 0.287 e. The Morgan fingerprint density at radius 3 is 2.81 bits per heavy atom. The molecule has 0 atom stereocenters. The van der Waals surface area contributed by atoms with Crippen molar-refractivity contribution in [1.82, 2.24) is 10.4 Å². The largest absolute Gasteiger partial charge is 0.496 e. The summed E-state index contributed by atoms with van der Waals surface area (Å²) >= 11 is 0. The molecule has 2 N–H and O–H groups in total. The smallest absolute Gasteiger partial charge is 0.287 e. The van der Waals surface area contributed by atoms with E-state index in [1.807, 2.05) is 42.5 Å². The number of nitrogens with zero attached hydrogens (tertiary/aromatic N) is 1. The molecule has 0 saturated carbocycles. The molecule has 0 bridgehead atoms. The van der Waals surface area contributed by atoms with Crippen molar-refractivity contribution >= 4 is 23.0 Å². The zero-order valence-corrected chi connectivity index (χ0v) is 14.4. The molecule has 1 heterocycles. The Kier molecular flexibility index (Phi) is 5.34. The summed E-state index contributed by atoms with van der Waals surface area (Å²) in [7, 11) is 1.60. The van der Waals surface area contributed by atoms with Crippen LogP contribution in [0.25, 0.3) is 10.9 Å². The minimum Gasteiger partial charge on any atom is -0.496 e. The van der Waals surface area contributed by atoms with Crippen LogP contribution in [0, 0.1) is 0 Å². The summed E-state index contributed by atoms with van der Waals surface area (Å²) in [6, 6.07) is 14.7. The molecule has 132 valence electrons. The Morgan fingerprint density at radius 1 is 1.27 bits per heavy atom. The molecule has 3 rings (SSSR count). The van der Waals surface area contributed by atoms with Crippen molar-refractivity contribution in [3.8, 4) is 11.5 Å². The first-order valence-electron chi connectivity index (χ1n) is 8.04. The minimum absolute atomic E-state index is 0.328. The standard InChI is InChI=1S/C20H19N3O3/c1-3-11-26-15-9-7-14(8-10-15)13-21-23-20(24)18-12-16-17(22-18)5-4-6-19(16)25-2/h3-10,12-13,22H,1,11H2,2H3,(H,23,24)/b21-13-. The van der Waals surface area contributed by atoms with Gasteiger partial charge in [-0.2, -0.15) is 5.10 Å². The number of benzene rings is 2. The minimum atomic E-state index is -0.328. The van der Waals surface area contributed by atoms with E-state index in [-0.39, 0.29) is 5.91 Å². The van der Waals surface area contributed by atoms with Gasteiger partial charge in [0.05, 0.1) is 13.3 Å². The lowest BCUT2D eigenvalue weighted by Crippen LogP contribution is -2.17. The van der Waals surface area contributed by atoms with Crippen molar-refractivity contribution in [1.29, 1.82) is 0 Å². The second-order valence-electron chi connectivity index (χ2n) is 5.47. The molecule has 2 aromatic carbocycles. The van der Waals surface area contributed by atoms with Gasteiger partial charge in [-0.3, -0.25) is 4.79 Å². The molecule has 0 fully saturated rings. The molecule has 6 nitrogen and oxygen atoms in total. The number of methoxy groups -OCH3 is 1. The number of hydrogen-bond donors (Lipinski definition) is 2. The van der Waals surface area contributed by atoms with Gasteiger partial charge in [-0.15, -0.1) is 0 Å². The highest BCUT2D eigenvalue weighted by Crippen LogP contribution is 2.25. The van der Waals surface area contributed by atoms with Crippen molar-refractivity contribution in [2.45, 2.75) is 0 Å². The molecule has 1 amide bonds. The molecular formula is C20H19N3O3. The van der Waals surface area contributed by atoms with E-state index in [0.29, 0.717) is 18.1 Å². The van der Waals surface area contributed by atoms with E-state index >= 15 is 0 Å². The maximum absolute atomic E-state index is 12.3. The van der Waals surface area contributed by atoms with E-state index in [1.165, 1.54) is 0 Å². The predicted molar refractivity (Wildman–Crippen MR) is 102 cm³/mol. The van der Waals surface area contributed by atoms with Crippen LogP contribution in [0.3, 0.4) is 0 Å². The lowest BCUT2D eigenvalue weighted by atomic mass is 10.2. The van der Waals surface area contributed by atoms with Gasteiger partial charge in [0.25, 0.3) is 5.91 Å². The number of aromatic nitrogens is 1. The van der Waals surface area contributed by atoms with E-state index in [1.54, 1.807) is 25.5 Å². The third kappa shape index (κ3) is 3.92. The van der Waals surface area contributed by atoms with E-state index in [4.69, 9.17) is 9.47 Å². The summed E-state index contributed by atoms with van der Waals surface area (Å²) in [5.74, 6) is 1.13. The predicted octanol–water partition coefficient (Wildman–Crippen LogP) is 3.51. The van der Waals surface area contributed by atoms with Gasteiger partial charge in [0.2, 0.25) is 0 Å². The van der Waals surface area contributed by atoms with Gasteiger partial charge in [-0.1, -0.05) is 18.7 Å². The number of hydrogen-bond acceptors (Lipinski definition) is 4. The van der Waals surface area contributed by atoms with Crippen LogP contribution in [0.5, 0.6) is 11.5 Å². The maximum atomic E-state index is 12.3. The van der Waals surface area contributed by atoms with Crippen LogP contribution in [-0.4, -0.2) is 30.8 Å². The summed E-state index contributed by atoms with van der Waals surface area (Å²) in [5, 5.41) is 4.84. The fraction of sp³-hybridized carbons (Fsp3) is 0.100. The molecule has 0 aliphatic heterocycles. The Morgan fingerprint density at radius 2 is 2.08 bits per heavy atom. The van der Waals surface area contributed by atoms with Crippen molar-refractivity contribution in [3.05, 3.63) is 72.4 Å². The highest BCUT2D eigenvalue weighted by Gasteiger charge is 2.11. The van der Waals surface area contributed by atoms with Gasteiger partial charge in [0, 0.05) is 10.9 Å². The second-order valence-corrected chi connectivity index (χ2v) is 5.47. The number of carbonyl (C=O) groups is 1. The molecule has 0 radical (unpaired) electrons. The molecule has 3 aromatic rings. The lowest BCUT2D eigenvalue weighted by molar-refractivity contribution is 0.0951.